The molecule has 2 aliphatic rings. The van der Waals surface area contributed by atoms with Crippen LogP contribution in [0.1, 0.15) is 12.8 Å². The SMILES string of the molecule is COc1ccc(N[C@H]2CCCN(C(=O)CN3CCOC3=O)C2)cc1OC. The quantitative estimate of drug-likeness (QED) is 0.826. The monoisotopic (exact) mass is 363 g/mol. The summed E-state index contributed by atoms with van der Waals surface area (Å²) in [6.45, 7) is 2.24. The minimum absolute atomic E-state index is 0.0392. The number of methoxy groups -OCH3 is 2. The number of carbonyl (C=O) groups excluding carboxylic acids is 2. The average Bonchev–Trinajstić information content (AvgIpc) is 3.06. The number of likely N-dealkylation sites (tertiary alicyclic amines) is 1. The molecule has 2 fully saturated rings. The maximum atomic E-state index is 12.5. The molecule has 0 bridgehead atoms. The van der Waals surface area contributed by atoms with Gasteiger partial charge in [-0.3, -0.25) is 9.69 Å². The summed E-state index contributed by atoms with van der Waals surface area (Å²) in [7, 11) is 3.21. The Kier molecular flexibility index (Phi) is 5.70. The van der Waals surface area contributed by atoms with E-state index in [9.17, 15) is 9.59 Å². The topological polar surface area (TPSA) is 80.3 Å². The molecule has 2 aliphatic heterocycles. The first-order valence-corrected chi connectivity index (χ1v) is 8.78. The van der Waals surface area contributed by atoms with Gasteiger partial charge < -0.3 is 24.4 Å². The fraction of sp³-hybridized carbons (Fsp3) is 0.556. The lowest BCUT2D eigenvalue weighted by Crippen LogP contribution is -2.48. The van der Waals surface area contributed by atoms with Crippen molar-refractivity contribution < 1.29 is 23.8 Å². The summed E-state index contributed by atoms with van der Waals surface area (Å²) in [5.74, 6) is 1.30. The van der Waals surface area contributed by atoms with Gasteiger partial charge in [0.05, 0.1) is 20.8 Å². The summed E-state index contributed by atoms with van der Waals surface area (Å²) in [6, 6.07) is 5.82. The smallest absolute Gasteiger partial charge is 0.410 e. The summed E-state index contributed by atoms with van der Waals surface area (Å²) >= 11 is 0. The van der Waals surface area contributed by atoms with E-state index in [0.717, 1.165) is 18.5 Å². The van der Waals surface area contributed by atoms with E-state index in [-0.39, 0.29) is 18.5 Å². The van der Waals surface area contributed by atoms with Crippen molar-refractivity contribution in [2.75, 3.05) is 52.3 Å². The number of amides is 2. The van der Waals surface area contributed by atoms with Crippen LogP contribution in [-0.2, 0) is 9.53 Å². The lowest BCUT2D eigenvalue weighted by atomic mass is 10.0. The van der Waals surface area contributed by atoms with Gasteiger partial charge in [-0.15, -0.1) is 0 Å². The number of nitrogens with zero attached hydrogens (tertiary/aromatic N) is 2. The molecule has 0 spiro atoms. The number of hydrogen-bond acceptors (Lipinski definition) is 6. The van der Waals surface area contributed by atoms with Crippen LogP contribution in [0.15, 0.2) is 18.2 Å². The zero-order chi connectivity index (χ0) is 18.5. The number of carbonyl (C=O) groups is 2. The highest BCUT2D eigenvalue weighted by atomic mass is 16.6. The van der Waals surface area contributed by atoms with Crippen molar-refractivity contribution in [2.45, 2.75) is 18.9 Å². The molecule has 0 aromatic heterocycles. The Hall–Kier alpha value is -2.64. The molecule has 0 radical (unpaired) electrons. The van der Waals surface area contributed by atoms with Gasteiger partial charge in [-0.2, -0.15) is 0 Å². The molecule has 2 saturated heterocycles. The van der Waals surface area contributed by atoms with E-state index >= 15 is 0 Å². The standard InChI is InChI=1S/C18H25N3O5/c1-24-15-6-5-13(10-16(15)25-2)19-14-4-3-7-20(11-14)17(22)12-21-8-9-26-18(21)23/h5-6,10,14,19H,3-4,7-9,11-12H2,1-2H3/t14-/m0/s1. The zero-order valence-electron chi connectivity index (χ0n) is 15.2. The van der Waals surface area contributed by atoms with Crippen molar-refractivity contribution in [3.05, 3.63) is 18.2 Å². The third kappa shape index (κ3) is 4.12. The summed E-state index contributed by atoms with van der Waals surface area (Å²) in [5, 5.41) is 3.46. The number of cyclic esters (lactones) is 1. The first kappa shape index (κ1) is 18.2. The summed E-state index contributed by atoms with van der Waals surface area (Å²) in [5.41, 5.74) is 0.921. The van der Waals surface area contributed by atoms with E-state index in [1.54, 1.807) is 14.2 Å². The number of hydrogen-bond donors (Lipinski definition) is 1. The van der Waals surface area contributed by atoms with Gasteiger partial charge in [-0.05, 0) is 25.0 Å². The first-order valence-electron chi connectivity index (χ1n) is 8.78. The Morgan fingerprint density at radius 2 is 2.08 bits per heavy atom. The lowest BCUT2D eigenvalue weighted by molar-refractivity contribution is -0.132. The van der Waals surface area contributed by atoms with Gasteiger partial charge >= 0.3 is 6.09 Å². The van der Waals surface area contributed by atoms with Gasteiger partial charge in [0.15, 0.2) is 11.5 Å². The Labute approximate surface area is 153 Å². The van der Waals surface area contributed by atoms with E-state index in [2.05, 4.69) is 5.32 Å². The fourth-order valence-electron chi connectivity index (χ4n) is 3.32. The second-order valence-corrected chi connectivity index (χ2v) is 6.43. The van der Waals surface area contributed by atoms with E-state index in [1.165, 1.54) is 4.90 Å². The summed E-state index contributed by atoms with van der Waals surface area (Å²) < 4.78 is 15.5. The minimum Gasteiger partial charge on any atom is -0.493 e. The Morgan fingerprint density at radius 1 is 1.27 bits per heavy atom. The fourth-order valence-corrected chi connectivity index (χ4v) is 3.32. The zero-order valence-corrected chi connectivity index (χ0v) is 15.2. The molecule has 26 heavy (non-hydrogen) atoms. The van der Waals surface area contributed by atoms with Gasteiger partial charge in [0.25, 0.3) is 0 Å². The van der Waals surface area contributed by atoms with Gasteiger partial charge in [0.1, 0.15) is 13.2 Å². The Bertz CT molecular complexity index is 666. The maximum Gasteiger partial charge on any atom is 0.410 e. The van der Waals surface area contributed by atoms with E-state index in [1.807, 2.05) is 23.1 Å². The van der Waals surface area contributed by atoms with Crippen LogP contribution in [0.5, 0.6) is 11.5 Å². The molecule has 2 heterocycles. The number of ether oxygens (including phenoxy) is 3. The predicted octanol–water partition coefficient (Wildman–Crippen LogP) is 1.56. The minimum atomic E-state index is -0.407. The highest BCUT2D eigenvalue weighted by Crippen LogP contribution is 2.30. The van der Waals surface area contributed by atoms with Crippen molar-refractivity contribution in [3.8, 4) is 11.5 Å². The molecule has 1 aromatic rings. The van der Waals surface area contributed by atoms with E-state index in [4.69, 9.17) is 14.2 Å². The van der Waals surface area contributed by atoms with Gasteiger partial charge in [0.2, 0.25) is 5.91 Å². The Morgan fingerprint density at radius 3 is 2.77 bits per heavy atom. The lowest BCUT2D eigenvalue weighted by Gasteiger charge is -2.34. The van der Waals surface area contributed by atoms with Gasteiger partial charge in [-0.25, -0.2) is 4.79 Å². The van der Waals surface area contributed by atoms with Crippen molar-refractivity contribution in [1.82, 2.24) is 9.80 Å². The van der Waals surface area contributed by atoms with Crippen LogP contribution in [0.3, 0.4) is 0 Å². The molecular weight excluding hydrogens is 338 g/mol. The second kappa shape index (κ2) is 8.16. The van der Waals surface area contributed by atoms with E-state index < -0.39 is 6.09 Å². The number of nitrogens with one attached hydrogen (secondary N) is 1. The van der Waals surface area contributed by atoms with Crippen molar-refractivity contribution >= 4 is 17.7 Å². The normalized spacial score (nSPS) is 19.9. The van der Waals surface area contributed by atoms with Crippen LogP contribution in [0.2, 0.25) is 0 Å². The van der Waals surface area contributed by atoms with Crippen molar-refractivity contribution in [1.29, 1.82) is 0 Å². The molecule has 0 saturated carbocycles. The molecule has 1 atom stereocenters. The third-order valence-electron chi connectivity index (χ3n) is 4.70. The second-order valence-electron chi connectivity index (χ2n) is 6.43. The molecule has 8 heteroatoms. The largest absolute Gasteiger partial charge is 0.493 e. The molecule has 0 unspecified atom stereocenters. The molecule has 1 N–H and O–H groups in total. The summed E-state index contributed by atoms with van der Waals surface area (Å²) in [6.07, 6.45) is 1.49. The molecule has 0 aliphatic carbocycles. The predicted molar refractivity (Wildman–Crippen MR) is 95.7 cm³/mol. The van der Waals surface area contributed by atoms with Crippen LogP contribution in [0.4, 0.5) is 10.5 Å². The average molecular weight is 363 g/mol. The molecule has 8 nitrogen and oxygen atoms in total. The molecule has 2 amide bonds. The third-order valence-corrected chi connectivity index (χ3v) is 4.70. The van der Waals surface area contributed by atoms with Gasteiger partial charge in [-0.1, -0.05) is 0 Å². The van der Waals surface area contributed by atoms with Gasteiger partial charge in [0, 0.05) is 30.9 Å². The van der Waals surface area contributed by atoms with Crippen LogP contribution < -0.4 is 14.8 Å². The number of rotatable bonds is 6. The number of benzene rings is 1. The highest BCUT2D eigenvalue weighted by molar-refractivity contribution is 5.83. The van der Waals surface area contributed by atoms with Crippen LogP contribution in [0, 0.1) is 0 Å². The van der Waals surface area contributed by atoms with Crippen molar-refractivity contribution in [2.24, 2.45) is 0 Å². The molecule has 3 rings (SSSR count). The van der Waals surface area contributed by atoms with Crippen LogP contribution >= 0.6 is 0 Å². The number of anilines is 1. The van der Waals surface area contributed by atoms with E-state index in [0.29, 0.717) is 37.7 Å². The maximum absolute atomic E-state index is 12.5. The van der Waals surface area contributed by atoms with Crippen LogP contribution in [0.25, 0.3) is 0 Å². The first-order chi connectivity index (χ1) is 12.6. The highest BCUT2D eigenvalue weighted by Gasteiger charge is 2.29. The Balaban J connectivity index is 1.58. The molecule has 142 valence electrons. The van der Waals surface area contributed by atoms with Crippen molar-refractivity contribution in [3.63, 3.8) is 0 Å². The number of piperidine rings is 1. The van der Waals surface area contributed by atoms with Crippen LogP contribution in [-0.4, -0.2) is 74.8 Å². The molecule has 1 aromatic carbocycles. The molecular formula is C18H25N3O5. The summed E-state index contributed by atoms with van der Waals surface area (Å²) in [4.78, 5) is 27.3.